The molecule has 0 aromatic carbocycles. The lowest BCUT2D eigenvalue weighted by Gasteiger charge is -2.37. The molecule has 0 atom stereocenters. The number of piperazine rings is 1. The molecule has 29 heavy (non-hydrogen) atoms. The standard InChI is InChI=1S/C23H41N5O/c1-23(2,3)22-25-20(10-16-29-4)17-21(26-22)28-14-12-27(13-15-28)11-9-18-5-7-19(24)8-6-18/h17-19H,5-16,24H2,1-4H3/t18-,19-. The van der Waals surface area contributed by atoms with Gasteiger partial charge in [-0.05, 0) is 44.6 Å². The SMILES string of the molecule is COCCc1cc(N2CCN(CC[C@H]3CC[C@H](N)CC3)CC2)nc(C(C)(C)C)n1. The van der Waals surface area contributed by atoms with Gasteiger partial charge < -0.3 is 15.4 Å². The van der Waals surface area contributed by atoms with Crippen LogP contribution in [0.2, 0.25) is 0 Å². The molecule has 1 saturated heterocycles. The summed E-state index contributed by atoms with van der Waals surface area (Å²) in [7, 11) is 1.74. The van der Waals surface area contributed by atoms with Gasteiger partial charge in [-0.1, -0.05) is 20.8 Å². The molecule has 2 N–H and O–H groups in total. The number of hydrogen-bond donors (Lipinski definition) is 1. The van der Waals surface area contributed by atoms with Crippen LogP contribution in [0.3, 0.4) is 0 Å². The van der Waals surface area contributed by atoms with E-state index in [0.717, 1.165) is 55.9 Å². The monoisotopic (exact) mass is 403 g/mol. The van der Waals surface area contributed by atoms with Crippen LogP contribution in [0.25, 0.3) is 0 Å². The Hall–Kier alpha value is -1.24. The number of ether oxygens (including phenoxy) is 1. The number of aromatic nitrogens is 2. The average molecular weight is 404 g/mol. The molecule has 0 amide bonds. The third-order valence-electron chi connectivity index (χ3n) is 6.44. The van der Waals surface area contributed by atoms with Gasteiger partial charge in [-0.25, -0.2) is 9.97 Å². The van der Waals surface area contributed by atoms with E-state index < -0.39 is 0 Å². The third-order valence-corrected chi connectivity index (χ3v) is 6.44. The molecule has 1 aromatic rings. The van der Waals surface area contributed by atoms with E-state index in [4.69, 9.17) is 20.4 Å². The number of methoxy groups -OCH3 is 1. The molecule has 0 unspecified atom stereocenters. The van der Waals surface area contributed by atoms with E-state index in [-0.39, 0.29) is 5.41 Å². The molecule has 164 valence electrons. The van der Waals surface area contributed by atoms with Gasteiger partial charge in [0.15, 0.2) is 0 Å². The lowest BCUT2D eigenvalue weighted by Crippen LogP contribution is -2.47. The summed E-state index contributed by atoms with van der Waals surface area (Å²) < 4.78 is 5.27. The summed E-state index contributed by atoms with van der Waals surface area (Å²) in [5, 5.41) is 0. The first kappa shape index (κ1) is 22.4. The van der Waals surface area contributed by atoms with E-state index in [2.05, 4.69) is 36.6 Å². The molecule has 3 rings (SSSR count). The first-order valence-electron chi connectivity index (χ1n) is 11.5. The van der Waals surface area contributed by atoms with Crippen LogP contribution < -0.4 is 10.6 Å². The fraction of sp³-hybridized carbons (Fsp3) is 0.826. The molecule has 1 saturated carbocycles. The Morgan fingerprint density at radius 3 is 2.38 bits per heavy atom. The maximum atomic E-state index is 6.05. The number of hydrogen-bond acceptors (Lipinski definition) is 6. The van der Waals surface area contributed by atoms with Crippen molar-refractivity contribution in [3.8, 4) is 0 Å². The zero-order valence-electron chi connectivity index (χ0n) is 19.0. The van der Waals surface area contributed by atoms with Crippen LogP contribution in [-0.2, 0) is 16.6 Å². The highest BCUT2D eigenvalue weighted by molar-refractivity contribution is 5.41. The molecule has 1 aliphatic carbocycles. The third kappa shape index (κ3) is 6.63. The van der Waals surface area contributed by atoms with E-state index in [9.17, 15) is 0 Å². The predicted molar refractivity (Wildman–Crippen MR) is 120 cm³/mol. The second-order valence-electron chi connectivity index (χ2n) is 9.93. The Bertz CT molecular complexity index is 629. The minimum absolute atomic E-state index is 0.0534. The highest BCUT2D eigenvalue weighted by atomic mass is 16.5. The van der Waals surface area contributed by atoms with E-state index in [1.165, 1.54) is 38.6 Å². The second-order valence-corrected chi connectivity index (χ2v) is 9.93. The largest absolute Gasteiger partial charge is 0.384 e. The Balaban J connectivity index is 1.55. The van der Waals surface area contributed by atoms with Crippen molar-refractivity contribution < 1.29 is 4.74 Å². The van der Waals surface area contributed by atoms with Crippen LogP contribution in [0.1, 0.15) is 64.4 Å². The summed E-state index contributed by atoms with van der Waals surface area (Å²) in [6.07, 6.45) is 7.24. The van der Waals surface area contributed by atoms with E-state index in [1.807, 2.05) is 0 Å². The maximum absolute atomic E-state index is 6.05. The second kappa shape index (κ2) is 10.2. The zero-order valence-corrected chi connectivity index (χ0v) is 19.0. The van der Waals surface area contributed by atoms with Crippen LogP contribution in [0.15, 0.2) is 6.07 Å². The fourth-order valence-electron chi connectivity index (χ4n) is 4.36. The first-order chi connectivity index (χ1) is 13.8. The molecular formula is C23H41N5O. The van der Waals surface area contributed by atoms with Crippen molar-refractivity contribution in [2.45, 2.75) is 70.8 Å². The van der Waals surface area contributed by atoms with Gasteiger partial charge in [0.1, 0.15) is 11.6 Å². The summed E-state index contributed by atoms with van der Waals surface area (Å²) >= 11 is 0. The van der Waals surface area contributed by atoms with Gasteiger partial charge in [-0.3, -0.25) is 4.90 Å². The molecule has 0 radical (unpaired) electrons. The number of nitrogens with two attached hydrogens (primary N) is 1. The molecule has 0 spiro atoms. The summed E-state index contributed by atoms with van der Waals surface area (Å²) in [4.78, 5) is 14.8. The zero-order chi connectivity index (χ0) is 20.9. The van der Waals surface area contributed by atoms with Gasteiger partial charge >= 0.3 is 0 Å². The molecule has 1 aliphatic heterocycles. The van der Waals surface area contributed by atoms with Crippen molar-refractivity contribution in [2.75, 3.05) is 51.3 Å². The number of nitrogens with zero attached hydrogens (tertiary/aromatic N) is 4. The Labute approximate surface area is 177 Å². The van der Waals surface area contributed by atoms with Gasteiger partial charge in [0.05, 0.1) is 6.61 Å². The highest BCUT2D eigenvalue weighted by Gasteiger charge is 2.24. The van der Waals surface area contributed by atoms with Crippen LogP contribution in [0.5, 0.6) is 0 Å². The summed E-state index contributed by atoms with van der Waals surface area (Å²) in [6, 6.07) is 2.62. The Morgan fingerprint density at radius 2 is 1.76 bits per heavy atom. The minimum Gasteiger partial charge on any atom is -0.384 e. The predicted octanol–water partition coefficient (Wildman–Crippen LogP) is 2.99. The molecule has 2 aliphatic rings. The maximum Gasteiger partial charge on any atom is 0.136 e. The molecule has 6 nitrogen and oxygen atoms in total. The summed E-state index contributed by atoms with van der Waals surface area (Å²) in [6.45, 7) is 12.8. The van der Waals surface area contributed by atoms with E-state index in [0.29, 0.717) is 12.6 Å². The first-order valence-corrected chi connectivity index (χ1v) is 11.5. The molecule has 2 heterocycles. The summed E-state index contributed by atoms with van der Waals surface area (Å²) in [5.74, 6) is 2.89. The average Bonchev–Trinajstić information content (AvgIpc) is 2.71. The van der Waals surface area contributed by atoms with Gasteiger partial charge in [0.2, 0.25) is 0 Å². The quantitative estimate of drug-likeness (QED) is 0.755. The Kier molecular flexibility index (Phi) is 7.88. The molecule has 0 bridgehead atoms. The molecular weight excluding hydrogens is 362 g/mol. The molecule has 2 fully saturated rings. The van der Waals surface area contributed by atoms with E-state index in [1.54, 1.807) is 7.11 Å². The number of anilines is 1. The van der Waals surface area contributed by atoms with Crippen LogP contribution >= 0.6 is 0 Å². The fourth-order valence-corrected chi connectivity index (χ4v) is 4.36. The minimum atomic E-state index is -0.0534. The molecule has 6 heteroatoms. The van der Waals surface area contributed by atoms with Gasteiger partial charge in [0, 0.05) is 62.9 Å². The van der Waals surface area contributed by atoms with Crippen LogP contribution in [0.4, 0.5) is 5.82 Å². The van der Waals surface area contributed by atoms with Crippen LogP contribution in [-0.4, -0.2) is 67.4 Å². The van der Waals surface area contributed by atoms with Crippen molar-refractivity contribution in [3.05, 3.63) is 17.6 Å². The topological polar surface area (TPSA) is 67.5 Å². The van der Waals surface area contributed by atoms with E-state index >= 15 is 0 Å². The highest BCUT2D eigenvalue weighted by Crippen LogP contribution is 2.27. The van der Waals surface area contributed by atoms with Crippen molar-refractivity contribution in [1.29, 1.82) is 0 Å². The summed E-state index contributed by atoms with van der Waals surface area (Å²) in [5.41, 5.74) is 7.08. The Morgan fingerprint density at radius 1 is 1.07 bits per heavy atom. The van der Waals surface area contributed by atoms with Gasteiger partial charge in [0.25, 0.3) is 0 Å². The van der Waals surface area contributed by atoms with Crippen molar-refractivity contribution >= 4 is 5.82 Å². The van der Waals surface area contributed by atoms with Gasteiger partial charge in [-0.2, -0.15) is 0 Å². The number of rotatable bonds is 7. The lowest BCUT2D eigenvalue weighted by atomic mass is 9.84. The van der Waals surface area contributed by atoms with Crippen molar-refractivity contribution in [1.82, 2.24) is 14.9 Å². The van der Waals surface area contributed by atoms with Gasteiger partial charge in [-0.15, -0.1) is 0 Å². The van der Waals surface area contributed by atoms with Crippen molar-refractivity contribution in [2.24, 2.45) is 11.7 Å². The normalized spacial score (nSPS) is 24.1. The smallest absolute Gasteiger partial charge is 0.136 e. The van der Waals surface area contributed by atoms with Crippen molar-refractivity contribution in [3.63, 3.8) is 0 Å². The van der Waals surface area contributed by atoms with Crippen LogP contribution in [0, 0.1) is 5.92 Å². The lowest BCUT2D eigenvalue weighted by molar-refractivity contribution is 0.201. The molecule has 1 aromatic heterocycles.